The molecular weight excluding hydrogens is 228 g/mol. The van der Waals surface area contributed by atoms with Crippen LogP contribution in [0, 0.1) is 0 Å². The maximum absolute atomic E-state index is 11.2. The molecule has 0 aliphatic carbocycles. The normalized spacial score (nSPS) is 10.4. The summed E-state index contributed by atoms with van der Waals surface area (Å²) >= 11 is 5.82. The Kier molecular flexibility index (Phi) is 2.66. The van der Waals surface area contributed by atoms with E-state index in [1.165, 1.54) is 0 Å². The van der Waals surface area contributed by atoms with Crippen molar-refractivity contribution in [2.24, 2.45) is 5.73 Å². The number of pyridine rings is 1. The molecule has 1 aromatic carbocycles. The third-order valence-electron chi connectivity index (χ3n) is 2.26. The van der Waals surface area contributed by atoms with E-state index in [1.807, 2.05) is 0 Å². The number of amides is 1. The number of carbonyl (C=O) groups excluding carboxylic acids is 1. The van der Waals surface area contributed by atoms with Gasteiger partial charge in [0.05, 0.1) is 7.11 Å². The van der Waals surface area contributed by atoms with Crippen molar-refractivity contribution in [3.05, 3.63) is 35.1 Å². The highest BCUT2D eigenvalue weighted by atomic mass is 35.5. The van der Waals surface area contributed by atoms with Crippen molar-refractivity contribution in [1.82, 2.24) is 4.98 Å². The highest BCUT2D eigenvalue weighted by Crippen LogP contribution is 2.28. The molecule has 2 N–H and O–H groups in total. The van der Waals surface area contributed by atoms with E-state index in [-0.39, 0.29) is 10.8 Å². The van der Waals surface area contributed by atoms with Crippen LogP contribution in [0.25, 0.3) is 10.8 Å². The summed E-state index contributed by atoms with van der Waals surface area (Å²) < 4.78 is 5.18. The molecule has 2 rings (SSSR count). The minimum atomic E-state index is -0.610. The lowest BCUT2D eigenvalue weighted by atomic mass is 10.1. The van der Waals surface area contributed by atoms with E-state index in [4.69, 9.17) is 22.1 Å². The maximum atomic E-state index is 11.2. The first-order valence-corrected chi connectivity index (χ1v) is 4.94. The molecule has 1 amide bonds. The number of methoxy groups -OCH3 is 1. The summed E-state index contributed by atoms with van der Waals surface area (Å²) in [6.45, 7) is 0. The lowest BCUT2D eigenvalue weighted by molar-refractivity contribution is 0.0997. The molecule has 0 fully saturated rings. The molecule has 0 aliphatic rings. The standard InChI is InChI=1S/C11H9ClN2O2/c1-16-8-4-2-3-6-7(8)5-9(12)14-10(6)11(13)15/h2-5H,1H3,(H2,13,15). The van der Waals surface area contributed by atoms with Crippen LogP contribution in [-0.2, 0) is 0 Å². The van der Waals surface area contributed by atoms with Crippen molar-refractivity contribution < 1.29 is 9.53 Å². The molecule has 2 aromatic rings. The van der Waals surface area contributed by atoms with Gasteiger partial charge < -0.3 is 10.5 Å². The molecule has 4 nitrogen and oxygen atoms in total. The van der Waals surface area contributed by atoms with Crippen molar-refractivity contribution >= 4 is 28.3 Å². The first-order valence-electron chi connectivity index (χ1n) is 4.56. The van der Waals surface area contributed by atoms with Gasteiger partial charge in [0.15, 0.2) is 0 Å². The molecule has 5 heteroatoms. The Morgan fingerprint density at radius 1 is 1.44 bits per heavy atom. The topological polar surface area (TPSA) is 65.2 Å². The number of fused-ring (bicyclic) bond motifs is 1. The van der Waals surface area contributed by atoms with Crippen molar-refractivity contribution in [3.8, 4) is 5.75 Å². The van der Waals surface area contributed by atoms with Gasteiger partial charge in [-0.3, -0.25) is 4.79 Å². The third kappa shape index (κ3) is 1.67. The summed E-state index contributed by atoms with van der Waals surface area (Å²) in [7, 11) is 1.55. The van der Waals surface area contributed by atoms with E-state index < -0.39 is 5.91 Å². The molecule has 0 atom stereocenters. The first kappa shape index (κ1) is 10.7. The van der Waals surface area contributed by atoms with Crippen molar-refractivity contribution in [1.29, 1.82) is 0 Å². The van der Waals surface area contributed by atoms with Crippen LogP contribution in [0.15, 0.2) is 24.3 Å². The molecule has 1 aromatic heterocycles. The molecular formula is C11H9ClN2O2. The second-order valence-corrected chi connectivity index (χ2v) is 3.60. The SMILES string of the molecule is COc1cccc2c(C(N)=O)nc(Cl)cc12. The average Bonchev–Trinajstić information content (AvgIpc) is 2.27. The first-order chi connectivity index (χ1) is 7.63. The van der Waals surface area contributed by atoms with Gasteiger partial charge in [-0.2, -0.15) is 0 Å². The van der Waals surface area contributed by atoms with Crippen molar-refractivity contribution in [2.45, 2.75) is 0 Å². The van der Waals surface area contributed by atoms with Crippen molar-refractivity contribution in [2.75, 3.05) is 7.11 Å². The summed E-state index contributed by atoms with van der Waals surface area (Å²) in [5.74, 6) is 0.0186. The molecule has 16 heavy (non-hydrogen) atoms. The number of hydrogen-bond donors (Lipinski definition) is 1. The number of primary amides is 1. The summed E-state index contributed by atoms with van der Waals surface area (Å²) in [4.78, 5) is 15.1. The molecule has 0 aliphatic heterocycles. The Hall–Kier alpha value is -1.81. The zero-order valence-electron chi connectivity index (χ0n) is 8.53. The van der Waals surface area contributed by atoms with Gasteiger partial charge in [-0.15, -0.1) is 0 Å². The molecule has 0 spiro atoms. The van der Waals surface area contributed by atoms with Gasteiger partial charge in [-0.25, -0.2) is 4.98 Å². The van der Waals surface area contributed by atoms with Gasteiger partial charge in [0.2, 0.25) is 0 Å². The van der Waals surface area contributed by atoms with Gasteiger partial charge >= 0.3 is 0 Å². The van der Waals surface area contributed by atoms with Gasteiger partial charge in [0, 0.05) is 10.8 Å². The van der Waals surface area contributed by atoms with E-state index >= 15 is 0 Å². The molecule has 0 radical (unpaired) electrons. The second kappa shape index (κ2) is 3.98. The number of benzene rings is 1. The lowest BCUT2D eigenvalue weighted by Gasteiger charge is -2.07. The number of rotatable bonds is 2. The molecule has 1 heterocycles. The Labute approximate surface area is 97.0 Å². The predicted octanol–water partition coefficient (Wildman–Crippen LogP) is 2.00. The number of hydrogen-bond acceptors (Lipinski definition) is 3. The number of ether oxygens (including phenoxy) is 1. The van der Waals surface area contributed by atoms with E-state index in [0.717, 1.165) is 5.39 Å². The monoisotopic (exact) mass is 236 g/mol. The Morgan fingerprint density at radius 2 is 2.19 bits per heavy atom. The number of aromatic nitrogens is 1. The molecule has 82 valence electrons. The third-order valence-corrected chi connectivity index (χ3v) is 2.45. The Balaban J connectivity index is 2.88. The highest BCUT2D eigenvalue weighted by molar-refractivity contribution is 6.30. The van der Waals surface area contributed by atoms with Gasteiger partial charge in [0.25, 0.3) is 5.91 Å². The molecule has 0 saturated carbocycles. The van der Waals surface area contributed by atoms with Crippen LogP contribution in [-0.4, -0.2) is 18.0 Å². The summed E-state index contributed by atoms with van der Waals surface area (Å²) in [5.41, 5.74) is 5.39. The minimum absolute atomic E-state index is 0.154. The second-order valence-electron chi connectivity index (χ2n) is 3.21. The number of nitrogens with zero attached hydrogens (tertiary/aromatic N) is 1. The average molecular weight is 237 g/mol. The molecule has 0 bridgehead atoms. The van der Waals surface area contributed by atoms with Crippen LogP contribution in [0.2, 0.25) is 5.15 Å². The van der Waals surface area contributed by atoms with Crippen LogP contribution < -0.4 is 10.5 Å². The van der Waals surface area contributed by atoms with E-state index in [2.05, 4.69) is 4.98 Å². The fraction of sp³-hybridized carbons (Fsp3) is 0.0909. The lowest BCUT2D eigenvalue weighted by Crippen LogP contribution is -2.13. The summed E-state index contributed by atoms with van der Waals surface area (Å²) in [6, 6.07) is 6.94. The quantitative estimate of drug-likeness (QED) is 0.811. The van der Waals surface area contributed by atoms with E-state index in [1.54, 1.807) is 31.4 Å². The van der Waals surface area contributed by atoms with E-state index in [0.29, 0.717) is 11.1 Å². The highest BCUT2D eigenvalue weighted by Gasteiger charge is 2.12. The van der Waals surface area contributed by atoms with Crippen LogP contribution in [0.3, 0.4) is 0 Å². The fourth-order valence-corrected chi connectivity index (χ4v) is 1.78. The molecule has 0 unspecified atom stereocenters. The van der Waals surface area contributed by atoms with Crippen LogP contribution >= 0.6 is 11.6 Å². The van der Waals surface area contributed by atoms with Crippen molar-refractivity contribution in [3.63, 3.8) is 0 Å². The van der Waals surface area contributed by atoms with Gasteiger partial charge in [-0.05, 0) is 12.1 Å². The zero-order chi connectivity index (χ0) is 11.7. The summed E-state index contributed by atoms with van der Waals surface area (Å²) in [5, 5.41) is 1.57. The minimum Gasteiger partial charge on any atom is -0.496 e. The maximum Gasteiger partial charge on any atom is 0.268 e. The largest absolute Gasteiger partial charge is 0.496 e. The van der Waals surface area contributed by atoms with Crippen LogP contribution in [0.5, 0.6) is 5.75 Å². The fourth-order valence-electron chi connectivity index (χ4n) is 1.58. The Morgan fingerprint density at radius 3 is 2.81 bits per heavy atom. The predicted molar refractivity (Wildman–Crippen MR) is 61.8 cm³/mol. The number of halogens is 1. The van der Waals surface area contributed by atoms with Crippen LogP contribution in [0.4, 0.5) is 0 Å². The number of carbonyl (C=O) groups is 1. The zero-order valence-corrected chi connectivity index (χ0v) is 9.28. The summed E-state index contributed by atoms with van der Waals surface area (Å²) in [6.07, 6.45) is 0. The van der Waals surface area contributed by atoms with E-state index in [9.17, 15) is 4.79 Å². The molecule has 0 saturated heterocycles. The van der Waals surface area contributed by atoms with Gasteiger partial charge in [0.1, 0.15) is 16.6 Å². The Bertz CT molecular complexity index is 569. The number of nitrogens with two attached hydrogens (primary N) is 1. The van der Waals surface area contributed by atoms with Crippen LogP contribution in [0.1, 0.15) is 10.5 Å². The smallest absolute Gasteiger partial charge is 0.268 e. The van der Waals surface area contributed by atoms with Gasteiger partial charge in [-0.1, -0.05) is 23.7 Å².